The fourth-order valence-corrected chi connectivity index (χ4v) is 2.21. The maximum absolute atomic E-state index is 9.09. The van der Waals surface area contributed by atoms with Gasteiger partial charge in [0, 0.05) is 36.1 Å². The second kappa shape index (κ2) is 11.7. The van der Waals surface area contributed by atoms with Crippen molar-refractivity contribution in [3.8, 4) is 0 Å². The van der Waals surface area contributed by atoms with Gasteiger partial charge in [-0.15, -0.1) is 0 Å². The number of aliphatic hydroxyl groups is 2. The van der Waals surface area contributed by atoms with E-state index in [1.54, 1.807) is 0 Å². The molecule has 0 saturated heterocycles. The summed E-state index contributed by atoms with van der Waals surface area (Å²) in [6, 6.07) is 7.77. The van der Waals surface area contributed by atoms with Crippen LogP contribution in [-0.2, 0) is 26.3 Å². The average molecular weight is 434 g/mol. The second-order valence-corrected chi connectivity index (χ2v) is 4.92. The van der Waals surface area contributed by atoms with Crippen molar-refractivity contribution in [3.05, 3.63) is 60.2 Å². The summed E-state index contributed by atoms with van der Waals surface area (Å²) in [6.07, 6.45) is 10.2. The Morgan fingerprint density at radius 1 is 0.727 bits per heavy atom. The molecular formula is C16H22Br2N2O2. The van der Waals surface area contributed by atoms with Crippen molar-refractivity contribution >= 4 is 0 Å². The number of halogens is 2. The number of nitrogens with zero attached hydrogens (tertiary/aromatic N) is 2. The van der Waals surface area contributed by atoms with Gasteiger partial charge < -0.3 is 44.2 Å². The highest BCUT2D eigenvalue weighted by Crippen LogP contribution is 1.96. The maximum Gasteiger partial charge on any atom is 0.174 e. The Morgan fingerprint density at radius 2 is 1.14 bits per heavy atom. The lowest BCUT2D eigenvalue weighted by Crippen LogP contribution is -3.00. The van der Waals surface area contributed by atoms with Crippen molar-refractivity contribution in [1.82, 2.24) is 0 Å². The van der Waals surface area contributed by atoms with Crippen LogP contribution in [0.1, 0.15) is 24.0 Å². The van der Waals surface area contributed by atoms with Crippen LogP contribution in [0.25, 0.3) is 0 Å². The summed E-state index contributed by atoms with van der Waals surface area (Å²) in [4.78, 5) is 0. The fourth-order valence-electron chi connectivity index (χ4n) is 2.21. The van der Waals surface area contributed by atoms with Gasteiger partial charge in [-0.1, -0.05) is 0 Å². The zero-order chi connectivity index (χ0) is 14.2. The minimum atomic E-state index is 0. The number of rotatable bonds is 7. The molecule has 0 aliphatic carbocycles. The fraction of sp³-hybridized carbons (Fsp3) is 0.375. The van der Waals surface area contributed by atoms with E-state index >= 15 is 0 Å². The molecule has 0 bridgehead atoms. The first-order valence-corrected chi connectivity index (χ1v) is 6.99. The molecule has 122 valence electrons. The van der Waals surface area contributed by atoms with Gasteiger partial charge in [-0.2, -0.15) is 0 Å². The van der Waals surface area contributed by atoms with Gasteiger partial charge in [-0.05, 0) is 12.1 Å². The Bertz CT molecular complexity index is 504. The van der Waals surface area contributed by atoms with Crippen LogP contribution in [0.2, 0.25) is 0 Å². The SMILES string of the molecule is OCc1ccc[n+](CCCC[n+]2cccc(CO)c2)c1.[Br-].[Br-]. The molecule has 2 aromatic heterocycles. The molecule has 0 atom stereocenters. The minimum absolute atomic E-state index is 0. The quantitative estimate of drug-likeness (QED) is 0.338. The van der Waals surface area contributed by atoms with Crippen LogP contribution in [0.3, 0.4) is 0 Å². The van der Waals surface area contributed by atoms with E-state index in [4.69, 9.17) is 10.2 Å². The Kier molecular flexibility index (Phi) is 11.3. The average Bonchev–Trinajstić information content (AvgIpc) is 2.52. The van der Waals surface area contributed by atoms with Crippen LogP contribution < -0.4 is 43.1 Å². The van der Waals surface area contributed by atoms with Gasteiger partial charge in [-0.3, -0.25) is 0 Å². The molecule has 6 heteroatoms. The highest BCUT2D eigenvalue weighted by Gasteiger charge is 2.05. The Balaban J connectivity index is 0.00000220. The Hall–Kier alpha value is -0.820. The second-order valence-electron chi connectivity index (χ2n) is 4.92. The van der Waals surface area contributed by atoms with Crippen LogP contribution in [-0.4, -0.2) is 10.2 Å². The smallest absolute Gasteiger partial charge is 0.174 e. The standard InChI is InChI=1S/C16H22N2O2.2BrH/c19-13-15-5-3-9-17(11-15)7-1-2-8-18-10-4-6-16(12-18)14-20;;/h3-6,9-12,19-20H,1-2,7-8,13-14H2;2*1H/q+2;;/p-2. The monoisotopic (exact) mass is 432 g/mol. The highest BCUT2D eigenvalue weighted by molar-refractivity contribution is 5.03. The van der Waals surface area contributed by atoms with E-state index in [-0.39, 0.29) is 47.2 Å². The molecule has 0 saturated carbocycles. The lowest BCUT2D eigenvalue weighted by Gasteiger charge is -2.00. The van der Waals surface area contributed by atoms with Crippen LogP contribution in [0.4, 0.5) is 0 Å². The molecule has 0 fully saturated rings. The number of unbranched alkanes of at least 4 members (excludes halogenated alkanes) is 1. The van der Waals surface area contributed by atoms with E-state index in [0.717, 1.165) is 37.1 Å². The van der Waals surface area contributed by atoms with Gasteiger partial charge in [0.05, 0.1) is 13.2 Å². The number of pyridine rings is 2. The predicted octanol–water partition coefficient (Wildman–Crippen LogP) is -5.27. The first kappa shape index (κ1) is 21.2. The maximum atomic E-state index is 9.09. The summed E-state index contributed by atoms with van der Waals surface area (Å²) in [5.41, 5.74) is 1.88. The zero-order valence-corrected chi connectivity index (χ0v) is 15.6. The van der Waals surface area contributed by atoms with Crippen molar-refractivity contribution in [3.63, 3.8) is 0 Å². The van der Waals surface area contributed by atoms with E-state index < -0.39 is 0 Å². The van der Waals surface area contributed by atoms with E-state index in [1.165, 1.54) is 0 Å². The molecular weight excluding hydrogens is 412 g/mol. The molecule has 0 radical (unpaired) electrons. The van der Waals surface area contributed by atoms with Crippen molar-refractivity contribution in [2.24, 2.45) is 0 Å². The van der Waals surface area contributed by atoms with Gasteiger partial charge in [0.15, 0.2) is 24.8 Å². The molecule has 0 aliphatic heterocycles. The Labute approximate surface area is 152 Å². The third kappa shape index (κ3) is 6.96. The summed E-state index contributed by atoms with van der Waals surface area (Å²) in [5.74, 6) is 0. The van der Waals surface area contributed by atoms with Gasteiger partial charge in [0.2, 0.25) is 0 Å². The van der Waals surface area contributed by atoms with Crippen LogP contribution in [0.15, 0.2) is 49.1 Å². The first-order valence-electron chi connectivity index (χ1n) is 6.99. The Morgan fingerprint density at radius 3 is 1.50 bits per heavy atom. The lowest BCUT2D eigenvalue weighted by atomic mass is 10.2. The summed E-state index contributed by atoms with van der Waals surface area (Å²) >= 11 is 0. The number of aliphatic hydroxyl groups excluding tert-OH is 2. The summed E-state index contributed by atoms with van der Waals surface area (Å²) in [6.45, 7) is 2.08. The molecule has 4 nitrogen and oxygen atoms in total. The lowest BCUT2D eigenvalue weighted by molar-refractivity contribution is -0.708. The molecule has 0 unspecified atom stereocenters. The van der Waals surface area contributed by atoms with Crippen LogP contribution >= 0.6 is 0 Å². The highest BCUT2D eigenvalue weighted by atomic mass is 79.9. The summed E-state index contributed by atoms with van der Waals surface area (Å²) in [7, 11) is 0. The predicted molar refractivity (Wildman–Crippen MR) is 74.4 cm³/mol. The van der Waals surface area contributed by atoms with E-state index in [2.05, 4.69) is 9.13 Å². The molecule has 0 aromatic carbocycles. The van der Waals surface area contributed by atoms with Crippen molar-refractivity contribution in [2.75, 3.05) is 0 Å². The van der Waals surface area contributed by atoms with Gasteiger partial charge in [-0.25, -0.2) is 9.13 Å². The number of hydrogen-bond donors (Lipinski definition) is 2. The molecule has 0 amide bonds. The minimum Gasteiger partial charge on any atom is -1.00 e. The van der Waals surface area contributed by atoms with Crippen molar-refractivity contribution in [2.45, 2.75) is 39.1 Å². The van der Waals surface area contributed by atoms with Crippen molar-refractivity contribution < 1.29 is 53.3 Å². The summed E-state index contributed by atoms with van der Waals surface area (Å²) in [5, 5.41) is 18.2. The molecule has 2 rings (SSSR count). The largest absolute Gasteiger partial charge is 1.00 e. The summed E-state index contributed by atoms with van der Waals surface area (Å²) < 4.78 is 4.22. The van der Waals surface area contributed by atoms with Crippen molar-refractivity contribution in [1.29, 1.82) is 0 Å². The topological polar surface area (TPSA) is 48.2 Å². The molecule has 2 heterocycles. The van der Waals surface area contributed by atoms with Crippen LogP contribution in [0, 0.1) is 0 Å². The molecule has 0 spiro atoms. The number of aryl methyl sites for hydroxylation is 2. The van der Waals surface area contributed by atoms with E-state index in [0.29, 0.717) is 0 Å². The van der Waals surface area contributed by atoms with Gasteiger partial charge in [0.25, 0.3) is 0 Å². The third-order valence-corrected chi connectivity index (χ3v) is 3.29. The van der Waals surface area contributed by atoms with E-state index in [9.17, 15) is 0 Å². The number of hydrogen-bond acceptors (Lipinski definition) is 2. The zero-order valence-electron chi connectivity index (χ0n) is 12.4. The normalized spacial score (nSPS) is 9.73. The van der Waals surface area contributed by atoms with E-state index in [1.807, 2.05) is 49.1 Å². The van der Waals surface area contributed by atoms with Gasteiger partial charge in [0.1, 0.15) is 13.1 Å². The molecule has 22 heavy (non-hydrogen) atoms. The van der Waals surface area contributed by atoms with Crippen LogP contribution in [0.5, 0.6) is 0 Å². The molecule has 2 N–H and O–H groups in total. The molecule has 0 aliphatic rings. The molecule has 2 aromatic rings. The first-order chi connectivity index (χ1) is 9.81. The number of aromatic nitrogens is 2. The van der Waals surface area contributed by atoms with Gasteiger partial charge >= 0.3 is 0 Å². The third-order valence-electron chi connectivity index (χ3n) is 3.29.